The fraction of sp³-hybridized carbons (Fsp3) is 0.862. The second-order valence-corrected chi connectivity index (χ2v) is 12.7. The van der Waals surface area contributed by atoms with Crippen molar-refractivity contribution >= 4 is 0 Å². The van der Waals surface area contributed by atoms with Gasteiger partial charge in [-0.15, -0.1) is 0 Å². The first-order valence-corrected chi connectivity index (χ1v) is 13.2. The number of fused-ring (bicyclic) bond motifs is 5. The number of allylic oxidation sites excluding steroid dienone is 4. The highest BCUT2D eigenvalue weighted by atomic mass is 16.3. The molecule has 0 unspecified atom stereocenters. The Kier molecular flexibility index (Phi) is 6.10. The molecule has 4 aliphatic carbocycles. The van der Waals surface area contributed by atoms with Crippen molar-refractivity contribution in [1.82, 2.24) is 0 Å². The molecule has 0 aromatic rings. The molecule has 3 fully saturated rings. The van der Waals surface area contributed by atoms with Crippen molar-refractivity contribution in [3.8, 4) is 0 Å². The van der Waals surface area contributed by atoms with Crippen LogP contribution < -0.4 is 0 Å². The van der Waals surface area contributed by atoms with Gasteiger partial charge in [-0.25, -0.2) is 0 Å². The summed E-state index contributed by atoms with van der Waals surface area (Å²) in [6.45, 7) is 17.1. The topological polar surface area (TPSA) is 20.2 Å². The van der Waals surface area contributed by atoms with Gasteiger partial charge in [-0.05, 0) is 103 Å². The third-order valence-corrected chi connectivity index (χ3v) is 11.1. The number of rotatable bonds is 4. The van der Waals surface area contributed by atoms with Crippen molar-refractivity contribution in [3.05, 3.63) is 23.8 Å². The summed E-state index contributed by atoms with van der Waals surface area (Å²) in [7, 11) is 0. The van der Waals surface area contributed by atoms with Crippen LogP contribution >= 0.6 is 0 Å². The van der Waals surface area contributed by atoms with Crippen molar-refractivity contribution in [2.24, 2.45) is 58.2 Å². The van der Waals surface area contributed by atoms with Crippen molar-refractivity contribution in [1.29, 1.82) is 0 Å². The molecule has 170 valence electrons. The van der Waals surface area contributed by atoms with Crippen molar-refractivity contribution in [2.75, 3.05) is 0 Å². The van der Waals surface area contributed by atoms with Gasteiger partial charge >= 0.3 is 0 Å². The van der Waals surface area contributed by atoms with Crippen LogP contribution in [-0.4, -0.2) is 11.2 Å². The van der Waals surface area contributed by atoms with Gasteiger partial charge in [0.15, 0.2) is 0 Å². The molecule has 0 saturated heterocycles. The van der Waals surface area contributed by atoms with Crippen LogP contribution in [0.3, 0.4) is 0 Å². The van der Waals surface area contributed by atoms with Crippen LogP contribution in [0.2, 0.25) is 0 Å². The molecule has 4 rings (SSSR count). The zero-order chi connectivity index (χ0) is 21.8. The summed E-state index contributed by atoms with van der Waals surface area (Å²) in [5.74, 6) is 5.64. The zero-order valence-electron chi connectivity index (χ0n) is 20.8. The molecule has 4 aliphatic rings. The fourth-order valence-corrected chi connectivity index (χ4v) is 8.56. The van der Waals surface area contributed by atoms with Gasteiger partial charge < -0.3 is 5.11 Å². The molecule has 0 amide bonds. The normalized spacial score (nSPS) is 48.1. The average Bonchev–Trinajstić information content (AvgIpc) is 3.06. The molecule has 0 aromatic heterocycles. The molecule has 1 nitrogen and oxygen atoms in total. The number of hydrogen-bond acceptors (Lipinski definition) is 1. The highest BCUT2D eigenvalue weighted by molar-refractivity contribution is 5.28. The maximum atomic E-state index is 10.5. The molecule has 0 heterocycles. The summed E-state index contributed by atoms with van der Waals surface area (Å²) in [5.41, 5.74) is 2.75. The predicted octanol–water partition coefficient (Wildman–Crippen LogP) is 7.66. The second-order valence-electron chi connectivity index (χ2n) is 12.7. The van der Waals surface area contributed by atoms with Crippen LogP contribution in [0.15, 0.2) is 23.8 Å². The minimum atomic E-state index is -0.0800. The minimum absolute atomic E-state index is 0.0800. The minimum Gasteiger partial charge on any atom is -0.393 e. The smallest absolute Gasteiger partial charge is 0.0568 e. The molecule has 0 radical (unpaired) electrons. The Morgan fingerprint density at radius 3 is 2.30 bits per heavy atom. The quantitative estimate of drug-likeness (QED) is 0.470. The Labute approximate surface area is 186 Å². The maximum absolute atomic E-state index is 10.5. The van der Waals surface area contributed by atoms with Crippen molar-refractivity contribution in [3.63, 3.8) is 0 Å². The van der Waals surface area contributed by atoms with E-state index in [2.05, 4.69) is 66.7 Å². The SMILES string of the molecule is CC(C)[C@@H](C)C=C[C@@H](C)[C@H]1CC[C@H]2C3=CC[C@H]4[C@H](C)[C@@H](O)CC[C@]4(C)[C@H]3CC[C@]12C. The lowest BCUT2D eigenvalue weighted by Crippen LogP contribution is -2.52. The van der Waals surface area contributed by atoms with E-state index in [-0.39, 0.29) is 6.10 Å². The van der Waals surface area contributed by atoms with E-state index in [0.717, 1.165) is 30.1 Å². The standard InChI is InChI=1S/C29H48O/c1-18(2)19(3)8-9-20(4)23-12-13-25-22-10-11-24-21(5)27(30)15-17-29(24,7)26(22)14-16-28(23,25)6/h8-10,18-21,23-27,30H,11-17H2,1-7H3/t19-,20+,21-,23+,24-,25-,26-,27-,28+,29-/m0/s1. The van der Waals surface area contributed by atoms with Gasteiger partial charge in [0.05, 0.1) is 6.10 Å². The highest BCUT2D eigenvalue weighted by Gasteiger charge is 2.58. The van der Waals surface area contributed by atoms with Gasteiger partial charge in [0.25, 0.3) is 0 Å². The zero-order valence-corrected chi connectivity index (χ0v) is 20.8. The molecule has 10 atom stereocenters. The van der Waals surface area contributed by atoms with Gasteiger partial charge in [0, 0.05) is 0 Å². The molecule has 0 aromatic carbocycles. The van der Waals surface area contributed by atoms with Crippen LogP contribution in [-0.2, 0) is 0 Å². The van der Waals surface area contributed by atoms with Gasteiger partial charge in [0.2, 0.25) is 0 Å². The summed E-state index contributed by atoms with van der Waals surface area (Å²) >= 11 is 0. The van der Waals surface area contributed by atoms with Crippen LogP contribution in [0.25, 0.3) is 0 Å². The summed E-state index contributed by atoms with van der Waals surface area (Å²) in [4.78, 5) is 0. The first-order chi connectivity index (χ1) is 14.1. The highest BCUT2D eigenvalue weighted by Crippen LogP contribution is 2.67. The van der Waals surface area contributed by atoms with Gasteiger partial charge in [-0.1, -0.05) is 72.3 Å². The Balaban J connectivity index is 1.56. The molecule has 30 heavy (non-hydrogen) atoms. The van der Waals surface area contributed by atoms with E-state index in [1.54, 1.807) is 0 Å². The van der Waals surface area contributed by atoms with Crippen LogP contribution in [0.1, 0.15) is 93.4 Å². The third kappa shape index (κ3) is 3.46. The Morgan fingerprint density at radius 2 is 1.60 bits per heavy atom. The third-order valence-electron chi connectivity index (χ3n) is 11.1. The largest absolute Gasteiger partial charge is 0.393 e. The fourth-order valence-electron chi connectivity index (χ4n) is 8.56. The molecule has 0 bridgehead atoms. The van der Waals surface area contributed by atoms with E-state index < -0.39 is 0 Å². The molecular formula is C29H48O. The summed E-state index contributed by atoms with van der Waals surface area (Å²) in [5, 5.41) is 10.5. The van der Waals surface area contributed by atoms with Crippen LogP contribution in [0, 0.1) is 58.2 Å². The Hall–Kier alpha value is -0.560. The lowest BCUT2D eigenvalue weighted by atomic mass is 9.46. The second kappa shape index (κ2) is 8.09. The van der Waals surface area contributed by atoms with Gasteiger partial charge in [0.1, 0.15) is 0 Å². The number of hydrogen-bond donors (Lipinski definition) is 1. The van der Waals surface area contributed by atoms with Crippen molar-refractivity contribution in [2.45, 2.75) is 99.5 Å². The molecule has 0 spiro atoms. The molecule has 1 heteroatoms. The molecular weight excluding hydrogens is 364 g/mol. The summed E-state index contributed by atoms with van der Waals surface area (Å²) < 4.78 is 0. The van der Waals surface area contributed by atoms with E-state index >= 15 is 0 Å². The van der Waals surface area contributed by atoms with Crippen LogP contribution in [0.4, 0.5) is 0 Å². The first kappa shape index (κ1) is 22.6. The van der Waals surface area contributed by atoms with Gasteiger partial charge in [-0.3, -0.25) is 0 Å². The number of aliphatic hydroxyl groups excluding tert-OH is 1. The molecule has 0 aliphatic heterocycles. The van der Waals surface area contributed by atoms with E-state index in [9.17, 15) is 5.11 Å². The van der Waals surface area contributed by atoms with E-state index in [4.69, 9.17) is 0 Å². The van der Waals surface area contributed by atoms with Crippen molar-refractivity contribution < 1.29 is 5.11 Å². The van der Waals surface area contributed by atoms with Gasteiger partial charge in [-0.2, -0.15) is 0 Å². The summed E-state index contributed by atoms with van der Waals surface area (Å²) in [6.07, 6.45) is 16.7. The van der Waals surface area contributed by atoms with E-state index in [0.29, 0.717) is 34.5 Å². The first-order valence-electron chi connectivity index (χ1n) is 13.2. The summed E-state index contributed by atoms with van der Waals surface area (Å²) in [6, 6.07) is 0. The predicted molar refractivity (Wildman–Crippen MR) is 128 cm³/mol. The van der Waals surface area contributed by atoms with Crippen LogP contribution in [0.5, 0.6) is 0 Å². The maximum Gasteiger partial charge on any atom is 0.0568 e. The van der Waals surface area contributed by atoms with E-state index in [1.807, 2.05) is 5.57 Å². The average molecular weight is 413 g/mol. The monoisotopic (exact) mass is 412 g/mol. The molecule has 1 N–H and O–H groups in total. The Morgan fingerprint density at radius 1 is 0.933 bits per heavy atom. The lowest BCUT2D eigenvalue weighted by Gasteiger charge is -2.59. The molecule has 3 saturated carbocycles. The Bertz CT molecular complexity index is 688. The van der Waals surface area contributed by atoms with E-state index in [1.165, 1.54) is 38.5 Å². The lowest BCUT2D eigenvalue weighted by molar-refractivity contribution is -0.0767. The number of aliphatic hydroxyl groups is 1.